The van der Waals surface area contributed by atoms with E-state index in [1.165, 1.54) is 68.6 Å². The first-order chi connectivity index (χ1) is 15.2. The van der Waals surface area contributed by atoms with Crippen LogP contribution in [-0.2, 0) is 24.4 Å². The van der Waals surface area contributed by atoms with Crippen LogP contribution in [0.2, 0.25) is 0 Å². The Hall–Kier alpha value is -3.50. The van der Waals surface area contributed by atoms with Crippen molar-refractivity contribution in [2.24, 2.45) is 0 Å². The van der Waals surface area contributed by atoms with E-state index in [1.807, 2.05) is 0 Å². The quantitative estimate of drug-likeness (QED) is 0.258. The maximum absolute atomic E-state index is 13.3. The van der Waals surface area contributed by atoms with Crippen LogP contribution in [0.15, 0.2) is 66.1 Å². The molecule has 2 aromatic carbocycles. The molecule has 0 bridgehead atoms. The Kier molecular flexibility index (Phi) is 6.75. The van der Waals surface area contributed by atoms with E-state index in [2.05, 4.69) is 6.58 Å². The number of benzene rings is 2. The Morgan fingerprint density at radius 2 is 1.72 bits per heavy atom. The summed E-state index contributed by atoms with van der Waals surface area (Å²) in [7, 11) is -2.64. The zero-order valence-electron chi connectivity index (χ0n) is 17.6. The molecule has 0 N–H and O–H groups in total. The molecule has 1 saturated heterocycles. The molecular weight excluding hydrogens is 436 g/mol. The summed E-state index contributed by atoms with van der Waals surface area (Å²) >= 11 is 0. The highest BCUT2D eigenvalue weighted by atomic mass is 32.2. The van der Waals surface area contributed by atoms with Crippen LogP contribution >= 0.6 is 0 Å². The Balaban J connectivity index is 1.91. The number of imide groups is 1. The lowest BCUT2D eigenvalue weighted by Gasteiger charge is -2.25. The minimum absolute atomic E-state index is 0.0374. The highest BCUT2D eigenvalue weighted by Gasteiger charge is 2.46. The Morgan fingerprint density at radius 3 is 2.25 bits per heavy atom. The van der Waals surface area contributed by atoms with Gasteiger partial charge in [0, 0.05) is 13.5 Å². The lowest BCUT2D eigenvalue weighted by Crippen LogP contribution is -2.45. The lowest BCUT2D eigenvalue weighted by atomic mass is 10.2. The summed E-state index contributed by atoms with van der Waals surface area (Å²) in [5, 5.41) is 0. The molecule has 3 rings (SSSR count). The zero-order valence-corrected chi connectivity index (χ0v) is 18.4. The summed E-state index contributed by atoms with van der Waals surface area (Å²) < 4.78 is 37.5. The van der Waals surface area contributed by atoms with Crippen molar-refractivity contribution in [3.05, 3.63) is 61.2 Å². The van der Waals surface area contributed by atoms with Gasteiger partial charge in [-0.2, -0.15) is 4.31 Å². The van der Waals surface area contributed by atoms with Crippen molar-refractivity contribution in [1.82, 2.24) is 4.31 Å². The number of hydrogen-bond acceptors (Lipinski definition) is 7. The number of anilines is 1. The SMILES string of the molecule is C=CCN(C1CC(=O)N(c2ccc(OC(C)=O)cc2)C1=O)S(=O)(=O)c1ccc(OC)cc1. The molecule has 2 aromatic rings. The second-order valence-corrected chi connectivity index (χ2v) is 8.80. The fourth-order valence-corrected chi connectivity index (χ4v) is 4.90. The second kappa shape index (κ2) is 9.33. The average Bonchev–Trinajstić information content (AvgIpc) is 3.05. The minimum Gasteiger partial charge on any atom is -0.497 e. The molecule has 0 saturated carbocycles. The molecule has 1 heterocycles. The van der Waals surface area contributed by atoms with E-state index in [4.69, 9.17) is 9.47 Å². The van der Waals surface area contributed by atoms with Crippen molar-refractivity contribution in [2.75, 3.05) is 18.6 Å². The second-order valence-electron chi connectivity index (χ2n) is 6.91. The number of amides is 2. The lowest BCUT2D eigenvalue weighted by molar-refractivity contribution is -0.132. The average molecular weight is 458 g/mol. The van der Waals surface area contributed by atoms with Gasteiger partial charge in [-0.1, -0.05) is 6.08 Å². The first-order valence-electron chi connectivity index (χ1n) is 9.61. The van der Waals surface area contributed by atoms with E-state index >= 15 is 0 Å². The van der Waals surface area contributed by atoms with E-state index in [0.717, 1.165) is 9.21 Å². The van der Waals surface area contributed by atoms with Crippen LogP contribution in [0.3, 0.4) is 0 Å². The first kappa shape index (κ1) is 23.2. The van der Waals surface area contributed by atoms with Gasteiger partial charge in [0.2, 0.25) is 15.9 Å². The normalized spacial score (nSPS) is 16.3. The fraction of sp³-hybridized carbons (Fsp3) is 0.227. The van der Waals surface area contributed by atoms with Gasteiger partial charge in [-0.3, -0.25) is 14.4 Å². The van der Waals surface area contributed by atoms with Gasteiger partial charge in [0.15, 0.2) is 0 Å². The van der Waals surface area contributed by atoms with Crippen molar-refractivity contribution >= 4 is 33.5 Å². The van der Waals surface area contributed by atoms with E-state index in [0.29, 0.717) is 5.75 Å². The number of carbonyl (C=O) groups excluding carboxylic acids is 3. The standard InChI is InChI=1S/C22H22N2O7S/c1-4-13-23(32(28,29)19-11-9-17(30-3)10-12-19)20-14-21(26)24(22(20)27)16-5-7-18(8-6-16)31-15(2)25/h4-12,20H,1,13-14H2,2-3H3. The van der Waals surface area contributed by atoms with Gasteiger partial charge in [-0.25, -0.2) is 13.3 Å². The number of methoxy groups -OCH3 is 1. The minimum atomic E-state index is -4.10. The van der Waals surface area contributed by atoms with Gasteiger partial charge in [-0.05, 0) is 48.5 Å². The maximum Gasteiger partial charge on any atom is 0.308 e. The number of hydrogen-bond donors (Lipinski definition) is 0. The number of sulfonamides is 1. The van der Waals surface area contributed by atoms with Crippen LogP contribution in [0.5, 0.6) is 11.5 Å². The molecule has 168 valence electrons. The molecule has 1 aliphatic heterocycles. The van der Waals surface area contributed by atoms with Gasteiger partial charge in [-0.15, -0.1) is 6.58 Å². The van der Waals surface area contributed by atoms with Crippen LogP contribution in [0.1, 0.15) is 13.3 Å². The van der Waals surface area contributed by atoms with Gasteiger partial charge >= 0.3 is 5.97 Å². The topological polar surface area (TPSA) is 110 Å². The summed E-state index contributed by atoms with van der Waals surface area (Å²) in [6.45, 7) is 4.68. The molecule has 0 spiro atoms. The highest BCUT2D eigenvalue weighted by Crippen LogP contribution is 2.30. The van der Waals surface area contributed by atoms with Crippen LogP contribution in [0.25, 0.3) is 0 Å². The third kappa shape index (κ3) is 4.56. The Labute approximate surface area is 185 Å². The number of nitrogens with zero attached hydrogens (tertiary/aromatic N) is 2. The molecular formula is C22H22N2O7S. The monoisotopic (exact) mass is 458 g/mol. The smallest absolute Gasteiger partial charge is 0.308 e. The van der Waals surface area contributed by atoms with Crippen LogP contribution in [0.4, 0.5) is 5.69 Å². The summed E-state index contributed by atoms with van der Waals surface area (Å²) in [4.78, 5) is 37.8. The third-order valence-corrected chi connectivity index (χ3v) is 6.69. The molecule has 0 radical (unpaired) electrons. The summed E-state index contributed by atoms with van der Waals surface area (Å²) in [5.41, 5.74) is 0.249. The summed E-state index contributed by atoms with van der Waals surface area (Å²) in [6, 6.07) is 10.3. The Morgan fingerprint density at radius 1 is 1.12 bits per heavy atom. The summed E-state index contributed by atoms with van der Waals surface area (Å²) in [5.74, 6) is -0.981. The molecule has 0 aliphatic carbocycles. The molecule has 2 amide bonds. The van der Waals surface area contributed by atoms with E-state index in [1.54, 1.807) is 0 Å². The predicted octanol–water partition coefficient (Wildman–Crippen LogP) is 2.13. The van der Waals surface area contributed by atoms with E-state index in [-0.39, 0.29) is 29.3 Å². The van der Waals surface area contributed by atoms with Crippen molar-refractivity contribution in [3.63, 3.8) is 0 Å². The van der Waals surface area contributed by atoms with Gasteiger partial charge in [0.05, 0.1) is 24.1 Å². The van der Waals surface area contributed by atoms with Crippen LogP contribution in [0, 0.1) is 0 Å². The van der Waals surface area contributed by atoms with Crippen LogP contribution in [-0.4, -0.2) is 50.2 Å². The maximum atomic E-state index is 13.3. The van der Waals surface area contributed by atoms with E-state index < -0.39 is 33.8 Å². The number of ether oxygens (including phenoxy) is 2. The van der Waals surface area contributed by atoms with Gasteiger partial charge in [0.25, 0.3) is 5.91 Å². The van der Waals surface area contributed by atoms with Crippen molar-refractivity contribution in [3.8, 4) is 11.5 Å². The van der Waals surface area contributed by atoms with E-state index in [9.17, 15) is 22.8 Å². The summed E-state index contributed by atoms with van der Waals surface area (Å²) in [6.07, 6.45) is 1.04. The molecule has 1 atom stereocenters. The number of carbonyl (C=O) groups is 3. The first-order valence-corrected chi connectivity index (χ1v) is 11.0. The van der Waals surface area contributed by atoms with Gasteiger partial charge in [0.1, 0.15) is 17.5 Å². The molecule has 1 unspecified atom stereocenters. The largest absolute Gasteiger partial charge is 0.497 e. The van der Waals surface area contributed by atoms with Crippen molar-refractivity contribution in [2.45, 2.75) is 24.3 Å². The van der Waals surface area contributed by atoms with Crippen molar-refractivity contribution < 1.29 is 32.3 Å². The molecule has 0 aromatic heterocycles. The fourth-order valence-electron chi connectivity index (χ4n) is 3.34. The third-order valence-electron chi connectivity index (χ3n) is 4.80. The van der Waals surface area contributed by atoms with Gasteiger partial charge < -0.3 is 9.47 Å². The van der Waals surface area contributed by atoms with Crippen LogP contribution < -0.4 is 14.4 Å². The number of rotatable bonds is 8. The molecule has 32 heavy (non-hydrogen) atoms. The molecule has 1 fully saturated rings. The highest BCUT2D eigenvalue weighted by molar-refractivity contribution is 7.89. The zero-order chi connectivity index (χ0) is 23.5. The van der Waals surface area contributed by atoms with Crippen molar-refractivity contribution in [1.29, 1.82) is 0 Å². The Bertz CT molecular complexity index is 1140. The number of esters is 1. The predicted molar refractivity (Wildman–Crippen MR) is 116 cm³/mol. The molecule has 9 nitrogen and oxygen atoms in total. The molecule has 10 heteroatoms. The molecule has 1 aliphatic rings.